The number of carbonyl (C=O) groups is 1. The smallest absolute Gasteiger partial charge is 0.254 e. The third kappa shape index (κ3) is 4.83. The Labute approximate surface area is 143 Å². The maximum Gasteiger partial charge on any atom is 0.254 e. The zero-order chi connectivity index (χ0) is 17.8. The first-order valence-electron chi connectivity index (χ1n) is 7.44. The third-order valence-corrected chi connectivity index (χ3v) is 9.02. The molecule has 0 aromatic carbocycles. The normalized spacial score (nSPS) is 12.1. The molecular formula is C15H26ClN3O3Si. The van der Waals surface area contributed by atoms with Crippen LogP contribution in [0.4, 0.5) is 5.69 Å². The fraction of sp³-hybridized carbons (Fsp3) is 0.600. The summed E-state index contributed by atoms with van der Waals surface area (Å²) in [7, 11) is -0.296. The Kier molecular flexibility index (Phi) is 6.44. The zero-order valence-corrected chi connectivity index (χ0v) is 16.4. The van der Waals surface area contributed by atoms with Gasteiger partial charge in [0.15, 0.2) is 8.32 Å². The molecule has 1 aromatic rings. The van der Waals surface area contributed by atoms with Crippen LogP contribution in [0.3, 0.4) is 0 Å². The van der Waals surface area contributed by atoms with E-state index in [1.54, 1.807) is 0 Å². The van der Waals surface area contributed by atoms with E-state index in [9.17, 15) is 4.79 Å². The first-order valence-corrected chi connectivity index (χ1v) is 10.7. The largest absolute Gasteiger partial charge is 0.474 e. The molecule has 1 amide bonds. The highest BCUT2D eigenvalue weighted by molar-refractivity contribution is 6.74. The lowest BCUT2D eigenvalue weighted by Crippen LogP contribution is -2.41. The van der Waals surface area contributed by atoms with Gasteiger partial charge in [-0.3, -0.25) is 4.79 Å². The molecule has 0 aliphatic carbocycles. The van der Waals surface area contributed by atoms with E-state index in [4.69, 9.17) is 26.5 Å². The molecule has 8 heteroatoms. The summed E-state index contributed by atoms with van der Waals surface area (Å²) in [5.74, 6) is -0.136. The Morgan fingerprint density at radius 3 is 2.52 bits per heavy atom. The summed E-state index contributed by atoms with van der Waals surface area (Å²) in [5.41, 5.74) is 6.25. The maximum atomic E-state index is 11.6. The van der Waals surface area contributed by atoms with Gasteiger partial charge < -0.3 is 20.2 Å². The first kappa shape index (κ1) is 19.7. The van der Waals surface area contributed by atoms with E-state index >= 15 is 0 Å². The first-order chi connectivity index (χ1) is 10.5. The van der Waals surface area contributed by atoms with Crippen molar-refractivity contribution in [1.29, 1.82) is 0 Å². The van der Waals surface area contributed by atoms with Crippen LogP contribution in [0.15, 0.2) is 6.20 Å². The Bertz CT molecular complexity index is 574. The van der Waals surface area contributed by atoms with E-state index in [1.165, 1.54) is 13.2 Å². The lowest BCUT2D eigenvalue weighted by atomic mass is 10.2. The topological polar surface area (TPSA) is 86.5 Å². The predicted molar refractivity (Wildman–Crippen MR) is 95.7 cm³/mol. The monoisotopic (exact) mass is 359 g/mol. The van der Waals surface area contributed by atoms with Gasteiger partial charge in [0.25, 0.3) is 5.91 Å². The summed E-state index contributed by atoms with van der Waals surface area (Å²) in [4.78, 5) is 15.7. The summed E-state index contributed by atoms with van der Waals surface area (Å²) < 4.78 is 11.6. The number of nitrogens with zero attached hydrogens (tertiary/aromatic N) is 1. The Balaban J connectivity index is 2.67. The molecule has 0 radical (unpaired) electrons. The van der Waals surface area contributed by atoms with Crippen molar-refractivity contribution in [3.63, 3.8) is 0 Å². The second kappa shape index (κ2) is 7.50. The Hall–Kier alpha value is -1.31. The summed E-state index contributed by atoms with van der Waals surface area (Å²) in [6.45, 7) is 11.7. The number of nitrogens with one attached hydrogen (secondary N) is 1. The van der Waals surface area contributed by atoms with Gasteiger partial charge in [-0.2, -0.15) is 0 Å². The molecule has 0 unspecified atom stereocenters. The van der Waals surface area contributed by atoms with E-state index in [1.807, 2.05) is 0 Å². The number of nitrogens with two attached hydrogens (primary N) is 1. The van der Waals surface area contributed by atoms with E-state index in [2.05, 4.69) is 44.2 Å². The van der Waals surface area contributed by atoms with Crippen LogP contribution in [-0.2, 0) is 4.43 Å². The molecule has 0 spiro atoms. The van der Waals surface area contributed by atoms with Crippen LogP contribution in [-0.4, -0.2) is 39.5 Å². The molecule has 130 valence electrons. The highest BCUT2D eigenvalue weighted by atomic mass is 35.5. The van der Waals surface area contributed by atoms with Crippen molar-refractivity contribution in [1.82, 2.24) is 10.3 Å². The van der Waals surface area contributed by atoms with Gasteiger partial charge in [-0.05, 0) is 18.1 Å². The quantitative estimate of drug-likeness (QED) is 0.602. The van der Waals surface area contributed by atoms with Crippen molar-refractivity contribution in [2.24, 2.45) is 0 Å². The van der Waals surface area contributed by atoms with Crippen molar-refractivity contribution in [2.45, 2.75) is 38.9 Å². The molecule has 0 aliphatic heterocycles. The SMILES string of the molecule is CNC(=O)c1cnc(OCCO[Si](C)(C)C(C)(C)C)c(N)c1Cl. The standard InChI is InChI=1S/C15H26ClN3O3Si/c1-15(2,3)23(5,6)22-8-7-21-14-12(17)11(16)10(9-19-14)13(20)18-4/h9H,7-8,17H2,1-6H3,(H,18,20). The van der Waals surface area contributed by atoms with Gasteiger partial charge in [0.2, 0.25) is 5.88 Å². The molecular weight excluding hydrogens is 334 g/mol. The van der Waals surface area contributed by atoms with Gasteiger partial charge in [-0.15, -0.1) is 0 Å². The highest BCUT2D eigenvalue weighted by Crippen LogP contribution is 2.36. The number of ether oxygens (including phenoxy) is 1. The molecule has 0 saturated heterocycles. The van der Waals surface area contributed by atoms with Crippen LogP contribution in [0.1, 0.15) is 31.1 Å². The van der Waals surface area contributed by atoms with E-state index in [0.717, 1.165) is 0 Å². The van der Waals surface area contributed by atoms with Crippen LogP contribution in [0, 0.1) is 0 Å². The summed E-state index contributed by atoms with van der Waals surface area (Å²) in [6, 6.07) is 0. The van der Waals surface area contributed by atoms with Crippen LogP contribution in [0.5, 0.6) is 5.88 Å². The average molecular weight is 360 g/mol. The number of amides is 1. The van der Waals surface area contributed by atoms with Crippen molar-refractivity contribution in [3.8, 4) is 5.88 Å². The number of anilines is 1. The fourth-order valence-corrected chi connectivity index (χ4v) is 2.79. The fourth-order valence-electron chi connectivity index (χ4n) is 1.55. The summed E-state index contributed by atoms with van der Waals surface area (Å²) in [5, 5.41) is 2.76. The molecule has 1 aromatic heterocycles. The minimum absolute atomic E-state index is 0.139. The molecule has 0 saturated carbocycles. The molecule has 0 bridgehead atoms. The molecule has 0 fully saturated rings. The number of halogens is 1. The summed E-state index contributed by atoms with van der Waals surface area (Å²) in [6.07, 6.45) is 1.35. The molecule has 3 N–H and O–H groups in total. The number of pyridine rings is 1. The van der Waals surface area contributed by atoms with Gasteiger partial charge in [-0.25, -0.2) is 4.98 Å². The van der Waals surface area contributed by atoms with E-state index in [-0.39, 0.29) is 33.1 Å². The average Bonchev–Trinajstić information content (AvgIpc) is 2.45. The van der Waals surface area contributed by atoms with Crippen LogP contribution < -0.4 is 15.8 Å². The number of rotatable bonds is 6. The Morgan fingerprint density at radius 1 is 1.39 bits per heavy atom. The number of carbonyl (C=O) groups excluding carboxylic acids is 1. The highest BCUT2D eigenvalue weighted by Gasteiger charge is 2.36. The van der Waals surface area contributed by atoms with Crippen molar-refractivity contribution < 1.29 is 14.0 Å². The summed E-state index contributed by atoms with van der Waals surface area (Å²) >= 11 is 6.09. The van der Waals surface area contributed by atoms with Gasteiger partial charge in [0, 0.05) is 13.2 Å². The molecule has 0 aliphatic rings. The molecule has 1 heterocycles. The second-order valence-corrected chi connectivity index (χ2v) is 11.9. The predicted octanol–water partition coefficient (Wildman–Crippen LogP) is 3.08. The van der Waals surface area contributed by atoms with Crippen molar-refractivity contribution in [2.75, 3.05) is 26.0 Å². The van der Waals surface area contributed by atoms with Crippen LogP contribution in [0.25, 0.3) is 0 Å². The lowest BCUT2D eigenvalue weighted by molar-refractivity contribution is 0.0962. The molecule has 0 atom stereocenters. The van der Waals surface area contributed by atoms with Gasteiger partial charge in [0.05, 0.1) is 17.2 Å². The Morgan fingerprint density at radius 2 is 2.00 bits per heavy atom. The van der Waals surface area contributed by atoms with Gasteiger partial charge in [0.1, 0.15) is 12.3 Å². The second-order valence-electron chi connectivity index (χ2n) is 6.74. The van der Waals surface area contributed by atoms with Gasteiger partial charge in [-0.1, -0.05) is 32.4 Å². The third-order valence-electron chi connectivity index (χ3n) is 4.08. The molecule has 1 rings (SSSR count). The van der Waals surface area contributed by atoms with Crippen LogP contribution in [0.2, 0.25) is 23.2 Å². The number of hydrogen-bond donors (Lipinski definition) is 2. The number of hydrogen-bond acceptors (Lipinski definition) is 5. The minimum Gasteiger partial charge on any atom is -0.474 e. The van der Waals surface area contributed by atoms with E-state index in [0.29, 0.717) is 13.2 Å². The van der Waals surface area contributed by atoms with Crippen LogP contribution >= 0.6 is 11.6 Å². The van der Waals surface area contributed by atoms with Crippen molar-refractivity contribution in [3.05, 3.63) is 16.8 Å². The molecule has 23 heavy (non-hydrogen) atoms. The molecule has 6 nitrogen and oxygen atoms in total. The number of aromatic nitrogens is 1. The van der Waals surface area contributed by atoms with Gasteiger partial charge >= 0.3 is 0 Å². The van der Waals surface area contributed by atoms with Crippen molar-refractivity contribution >= 4 is 31.5 Å². The zero-order valence-electron chi connectivity index (χ0n) is 14.6. The lowest BCUT2D eigenvalue weighted by Gasteiger charge is -2.36. The minimum atomic E-state index is -1.81. The maximum absolute atomic E-state index is 11.6. The van der Waals surface area contributed by atoms with E-state index < -0.39 is 8.32 Å². The number of nitrogen functional groups attached to an aromatic ring is 1.